The van der Waals surface area contributed by atoms with Crippen molar-refractivity contribution in [1.82, 2.24) is 10.2 Å². The summed E-state index contributed by atoms with van der Waals surface area (Å²) in [6.45, 7) is 4.26. The Labute approximate surface area is 114 Å². The van der Waals surface area contributed by atoms with E-state index in [1.54, 1.807) is 12.1 Å². The molecule has 0 aliphatic heterocycles. The van der Waals surface area contributed by atoms with Gasteiger partial charge in [-0.3, -0.25) is 4.79 Å². The highest BCUT2D eigenvalue weighted by atomic mass is 16.5. The van der Waals surface area contributed by atoms with Gasteiger partial charge in [0, 0.05) is 13.1 Å². The summed E-state index contributed by atoms with van der Waals surface area (Å²) in [4.78, 5) is 13.9. The predicted molar refractivity (Wildman–Crippen MR) is 74.6 cm³/mol. The van der Waals surface area contributed by atoms with Gasteiger partial charge in [-0.15, -0.1) is 0 Å². The number of nitrogens with zero attached hydrogens (tertiary/aromatic N) is 1. The van der Waals surface area contributed by atoms with Crippen molar-refractivity contribution in [2.45, 2.75) is 6.92 Å². The quantitative estimate of drug-likeness (QED) is 0.723. The summed E-state index contributed by atoms with van der Waals surface area (Å²) in [5, 5.41) is 12.3. The van der Waals surface area contributed by atoms with Gasteiger partial charge in [-0.1, -0.05) is 11.6 Å². The first-order valence-electron chi connectivity index (χ1n) is 6.31. The highest BCUT2D eigenvalue weighted by molar-refractivity contribution is 5.96. The van der Waals surface area contributed by atoms with Crippen molar-refractivity contribution in [2.75, 3.05) is 40.4 Å². The molecule has 0 bridgehead atoms. The highest BCUT2D eigenvalue weighted by Crippen LogP contribution is 2.17. The van der Waals surface area contributed by atoms with Gasteiger partial charge in [-0.05, 0) is 33.2 Å². The number of amides is 1. The molecule has 0 spiro atoms. The molecule has 0 fully saturated rings. The van der Waals surface area contributed by atoms with Gasteiger partial charge in [0.15, 0.2) is 0 Å². The fourth-order valence-corrected chi connectivity index (χ4v) is 1.51. The molecule has 0 saturated carbocycles. The van der Waals surface area contributed by atoms with Crippen molar-refractivity contribution in [1.29, 1.82) is 0 Å². The maximum Gasteiger partial charge on any atom is 0.255 e. The van der Waals surface area contributed by atoms with Crippen LogP contribution in [0, 0.1) is 6.92 Å². The number of rotatable bonds is 7. The fraction of sp³-hybridized carbons (Fsp3) is 0.500. The zero-order valence-electron chi connectivity index (χ0n) is 11.8. The van der Waals surface area contributed by atoms with E-state index >= 15 is 0 Å². The molecule has 0 unspecified atom stereocenters. The molecule has 1 aromatic rings. The molecule has 0 atom stereocenters. The fourth-order valence-electron chi connectivity index (χ4n) is 1.51. The molecule has 1 rings (SSSR count). The molecule has 0 aliphatic carbocycles. The van der Waals surface area contributed by atoms with Gasteiger partial charge < -0.3 is 20.1 Å². The van der Waals surface area contributed by atoms with Crippen molar-refractivity contribution in [3.05, 3.63) is 29.3 Å². The van der Waals surface area contributed by atoms with Crippen LogP contribution in [0.25, 0.3) is 0 Å². The Balaban J connectivity index is 2.29. The first-order chi connectivity index (χ1) is 9.00. The molecule has 106 valence electrons. The second-order valence-electron chi connectivity index (χ2n) is 4.69. The van der Waals surface area contributed by atoms with E-state index in [2.05, 4.69) is 5.32 Å². The number of hydrogen-bond donors (Lipinski definition) is 2. The summed E-state index contributed by atoms with van der Waals surface area (Å²) < 4.78 is 5.37. The average Bonchev–Trinajstić information content (AvgIpc) is 2.36. The lowest BCUT2D eigenvalue weighted by Gasteiger charge is -2.10. The third-order valence-corrected chi connectivity index (χ3v) is 2.61. The SMILES string of the molecule is Cc1ccc(O)c(C(=O)NCCOCCN(C)C)c1. The number of phenols is 1. The van der Waals surface area contributed by atoms with E-state index in [1.807, 2.05) is 25.9 Å². The van der Waals surface area contributed by atoms with Crippen LogP contribution in [0.3, 0.4) is 0 Å². The van der Waals surface area contributed by atoms with Gasteiger partial charge in [0.2, 0.25) is 0 Å². The molecule has 0 aliphatic rings. The summed E-state index contributed by atoms with van der Waals surface area (Å²) in [6, 6.07) is 4.95. The number of hydrogen-bond acceptors (Lipinski definition) is 4. The van der Waals surface area contributed by atoms with E-state index in [9.17, 15) is 9.90 Å². The van der Waals surface area contributed by atoms with Crippen LogP contribution in [-0.4, -0.2) is 56.3 Å². The van der Waals surface area contributed by atoms with E-state index in [0.29, 0.717) is 25.3 Å². The third kappa shape index (κ3) is 5.72. The minimum Gasteiger partial charge on any atom is -0.507 e. The molecule has 1 aromatic carbocycles. The maximum absolute atomic E-state index is 11.8. The van der Waals surface area contributed by atoms with Gasteiger partial charge in [0.1, 0.15) is 5.75 Å². The van der Waals surface area contributed by atoms with E-state index in [0.717, 1.165) is 12.1 Å². The Morgan fingerprint density at radius 2 is 2.11 bits per heavy atom. The van der Waals surface area contributed by atoms with E-state index in [4.69, 9.17) is 4.74 Å². The van der Waals surface area contributed by atoms with Gasteiger partial charge >= 0.3 is 0 Å². The van der Waals surface area contributed by atoms with Crippen molar-refractivity contribution in [3.8, 4) is 5.75 Å². The molecule has 2 N–H and O–H groups in total. The number of carbonyl (C=O) groups excluding carboxylic acids is 1. The number of ether oxygens (including phenoxy) is 1. The molecule has 5 heteroatoms. The first-order valence-corrected chi connectivity index (χ1v) is 6.31. The summed E-state index contributed by atoms with van der Waals surface area (Å²) in [5.74, 6) is -0.283. The monoisotopic (exact) mass is 266 g/mol. The molecule has 0 radical (unpaired) electrons. The standard InChI is InChI=1S/C14H22N2O3/c1-11-4-5-13(17)12(10-11)14(18)15-6-8-19-9-7-16(2)3/h4-5,10,17H,6-9H2,1-3H3,(H,15,18). The first kappa shape index (κ1) is 15.5. The van der Waals surface area contributed by atoms with Crippen molar-refractivity contribution in [2.24, 2.45) is 0 Å². The summed E-state index contributed by atoms with van der Waals surface area (Å²) >= 11 is 0. The summed E-state index contributed by atoms with van der Waals surface area (Å²) in [6.07, 6.45) is 0. The topological polar surface area (TPSA) is 61.8 Å². The van der Waals surface area contributed by atoms with Crippen LogP contribution in [0.2, 0.25) is 0 Å². The Morgan fingerprint density at radius 3 is 2.79 bits per heavy atom. The minimum absolute atomic E-state index is 0.00312. The lowest BCUT2D eigenvalue weighted by Crippen LogP contribution is -2.28. The van der Waals surface area contributed by atoms with Gasteiger partial charge in [-0.25, -0.2) is 0 Å². The molecule has 1 amide bonds. The van der Waals surface area contributed by atoms with Crippen LogP contribution >= 0.6 is 0 Å². The highest BCUT2D eigenvalue weighted by Gasteiger charge is 2.10. The zero-order chi connectivity index (χ0) is 14.3. The average molecular weight is 266 g/mol. The molecular weight excluding hydrogens is 244 g/mol. The normalized spacial score (nSPS) is 10.7. The number of aryl methyl sites for hydroxylation is 1. The molecule has 0 saturated heterocycles. The van der Waals surface area contributed by atoms with Crippen LogP contribution < -0.4 is 5.32 Å². The van der Waals surface area contributed by atoms with Crippen LogP contribution in [0.5, 0.6) is 5.75 Å². The van der Waals surface area contributed by atoms with Crippen molar-refractivity contribution in [3.63, 3.8) is 0 Å². The number of nitrogens with one attached hydrogen (secondary N) is 1. The number of benzene rings is 1. The number of aromatic hydroxyl groups is 1. The van der Waals surface area contributed by atoms with Crippen LogP contribution in [-0.2, 0) is 4.74 Å². The van der Waals surface area contributed by atoms with Gasteiger partial charge in [0.05, 0.1) is 18.8 Å². The number of carbonyl (C=O) groups is 1. The Morgan fingerprint density at radius 1 is 1.37 bits per heavy atom. The van der Waals surface area contributed by atoms with Crippen LogP contribution in [0.1, 0.15) is 15.9 Å². The molecule has 0 heterocycles. The molecule has 19 heavy (non-hydrogen) atoms. The number of phenolic OH excluding ortho intramolecular Hbond substituents is 1. The van der Waals surface area contributed by atoms with Crippen LogP contribution in [0.4, 0.5) is 0 Å². The minimum atomic E-state index is -0.280. The lowest BCUT2D eigenvalue weighted by atomic mass is 10.1. The molecular formula is C14H22N2O3. The van der Waals surface area contributed by atoms with E-state index in [-0.39, 0.29) is 11.7 Å². The van der Waals surface area contributed by atoms with Gasteiger partial charge in [0.25, 0.3) is 5.91 Å². The van der Waals surface area contributed by atoms with E-state index in [1.165, 1.54) is 6.07 Å². The van der Waals surface area contributed by atoms with Crippen molar-refractivity contribution >= 4 is 5.91 Å². The molecule has 5 nitrogen and oxygen atoms in total. The summed E-state index contributed by atoms with van der Waals surface area (Å²) in [7, 11) is 3.96. The third-order valence-electron chi connectivity index (χ3n) is 2.61. The Hall–Kier alpha value is -1.59. The number of likely N-dealkylation sites (N-methyl/N-ethyl adjacent to an activating group) is 1. The predicted octanol–water partition coefficient (Wildman–Crippen LogP) is 1.01. The lowest BCUT2D eigenvalue weighted by molar-refractivity contribution is 0.0898. The summed E-state index contributed by atoms with van der Waals surface area (Å²) in [5.41, 5.74) is 1.23. The zero-order valence-corrected chi connectivity index (χ0v) is 11.8. The Kier molecular flexibility index (Phi) is 6.32. The van der Waals surface area contributed by atoms with E-state index < -0.39 is 0 Å². The molecule has 0 aromatic heterocycles. The maximum atomic E-state index is 11.8. The van der Waals surface area contributed by atoms with Crippen LogP contribution in [0.15, 0.2) is 18.2 Å². The second-order valence-corrected chi connectivity index (χ2v) is 4.69. The van der Waals surface area contributed by atoms with Crippen molar-refractivity contribution < 1.29 is 14.6 Å². The largest absolute Gasteiger partial charge is 0.507 e. The second kappa shape index (κ2) is 7.76. The smallest absolute Gasteiger partial charge is 0.255 e. The van der Waals surface area contributed by atoms with Gasteiger partial charge in [-0.2, -0.15) is 0 Å². The Bertz CT molecular complexity index is 419.